The van der Waals surface area contributed by atoms with Gasteiger partial charge in [-0.25, -0.2) is 9.78 Å². The summed E-state index contributed by atoms with van der Waals surface area (Å²) in [6, 6.07) is 6.23. The van der Waals surface area contributed by atoms with Gasteiger partial charge in [-0.2, -0.15) is 0 Å². The number of rotatable bonds is 1. The second-order valence-corrected chi connectivity index (χ2v) is 7.24. The van der Waals surface area contributed by atoms with E-state index in [1.807, 2.05) is 31.7 Å². The molecule has 1 aliphatic rings. The molecule has 6 heteroatoms. The fourth-order valence-electron chi connectivity index (χ4n) is 2.78. The number of nitrogens with zero attached hydrogens (tertiary/aromatic N) is 3. The van der Waals surface area contributed by atoms with E-state index in [0.29, 0.717) is 13.1 Å². The van der Waals surface area contributed by atoms with E-state index < -0.39 is 0 Å². The van der Waals surface area contributed by atoms with Gasteiger partial charge in [0.05, 0.1) is 11.0 Å². The van der Waals surface area contributed by atoms with Gasteiger partial charge in [0.1, 0.15) is 0 Å². The Hall–Kier alpha value is -2.24. The molecular weight excluding hydrogens is 290 g/mol. The van der Waals surface area contributed by atoms with Crippen LogP contribution in [0.1, 0.15) is 26.3 Å². The summed E-state index contributed by atoms with van der Waals surface area (Å²) >= 11 is 0. The number of aromatic nitrogens is 2. The van der Waals surface area contributed by atoms with E-state index in [1.165, 1.54) is 5.56 Å². The predicted molar refractivity (Wildman–Crippen MR) is 92.9 cm³/mol. The van der Waals surface area contributed by atoms with Gasteiger partial charge in [0.2, 0.25) is 5.95 Å². The number of amides is 2. The summed E-state index contributed by atoms with van der Waals surface area (Å²) in [6.07, 6.45) is 0. The lowest BCUT2D eigenvalue weighted by molar-refractivity contribution is 0.185. The average Bonchev–Trinajstić information content (AvgIpc) is 2.88. The summed E-state index contributed by atoms with van der Waals surface area (Å²) in [5, 5.41) is 3.02. The number of piperazine rings is 1. The van der Waals surface area contributed by atoms with Gasteiger partial charge in [0, 0.05) is 31.7 Å². The number of nitrogens with one attached hydrogen (secondary N) is 2. The Balaban J connectivity index is 1.65. The molecule has 1 aromatic heterocycles. The Kier molecular flexibility index (Phi) is 3.92. The number of carbonyl (C=O) groups excluding carboxylic acids is 1. The van der Waals surface area contributed by atoms with Gasteiger partial charge in [-0.1, -0.05) is 6.07 Å². The van der Waals surface area contributed by atoms with Crippen LogP contribution in [-0.2, 0) is 0 Å². The molecule has 2 heterocycles. The first-order valence-electron chi connectivity index (χ1n) is 8.10. The van der Waals surface area contributed by atoms with E-state index >= 15 is 0 Å². The lowest BCUT2D eigenvalue weighted by Crippen LogP contribution is -2.55. The SMILES string of the molecule is Cc1ccc2nc(N3CCN(C(=O)NC(C)(C)C)CC3)[nH]c2c1. The lowest BCUT2D eigenvalue weighted by Gasteiger charge is -2.36. The van der Waals surface area contributed by atoms with Crippen LogP contribution < -0.4 is 10.2 Å². The molecule has 0 aliphatic carbocycles. The molecule has 0 radical (unpaired) electrons. The Bertz CT molecular complexity index is 707. The molecule has 1 saturated heterocycles. The number of imidazole rings is 1. The van der Waals surface area contributed by atoms with Gasteiger partial charge in [-0.3, -0.25) is 0 Å². The molecule has 1 aliphatic heterocycles. The smallest absolute Gasteiger partial charge is 0.317 e. The van der Waals surface area contributed by atoms with Crippen LogP contribution in [0.2, 0.25) is 0 Å². The molecule has 2 N–H and O–H groups in total. The van der Waals surface area contributed by atoms with Crippen molar-refractivity contribution in [1.82, 2.24) is 20.2 Å². The highest BCUT2D eigenvalue weighted by molar-refractivity contribution is 5.78. The monoisotopic (exact) mass is 315 g/mol. The molecular formula is C17H25N5O. The minimum Gasteiger partial charge on any atom is -0.339 e. The molecule has 3 rings (SSSR count). The maximum Gasteiger partial charge on any atom is 0.317 e. The number of urea groups is 1. The molecule has 2 amide bonds. The van der Waals surface area contributed by atoms with Gasteiger partial charge in [0.25, 0.3) is 0 Å². The number of hydrogen-bond donors (Lipinski definition) is 2. The molecule has 0 bridgehead atoms. The third kappa shape index (κ3) is 3.57. The highest BCUT2D eigenvalue weighted by Crippen LogP contribution is 2.19. The Morgan fingerprint density at radius 2 is 1.91 bits per heavy atom. The van der Waals surface area contributed by atoms with E-state index in [2.05, 4.69) is 39.2 Å². The predicted octanol–water partition coefficient (Wildman–Crippen LogP) is 2.50. The van der Waals surface area contributed by atoms with Gasteiger partial charge < -0.3 is 20.1 Å². The zero-order valence-corrected chi connectivity index (χ0v) is 14.3. The zero-order chi connectivity index (χ0) is 16.6. The minimum atomic E-state index is -0.204. The van der Waals surface area contributed by atoms with Gasteiger partial charge >= 0.3 is 6.03 Å². The summed E-state index contributed by atoms with van der Waals surface area (Å²) in [6.45, 7) is 11.1. The number of carbonyl (C=O) groups is 1. The maximum atomic E-state index is 12.2. The second-order valence-electron chi connectivity index (χ2n) is 7.24. The first-order chi connectivity index (χ1) is 10.8. The summed E-state index contributed by atoms with van der Waals surface area (Å²) in [7, 11) is 0. The van der Waals surface area contributed by atoms with Crippen molar-refractivity contribution in [2.45, 2.75) is 33.2 Å². The van der Waals surface area contributed by atoms with Crippen LogP contribution in [0.3, 0.4) is 0 Å². The van der Waals surface area contributed by atoms with Crippen LogP contribution in [0.25, 0.3) is 11.0 Å². The molecule has 23 heavy (non-hydrogen) atoms. The fraction of sp³-hybridized carbons (Fsp3) is 0.529. The average molecular weight is 315 g/mol. The quantitative estimate of drug-likeness (QED) is 0.850. The third-order valence-corrected chi connectivity index (χ3v) is 3.97. The van der Waals surface area contributed by atoms with Crippen molar-refractivity contribution in [3.05, 3.63) is 23.8 Å². The number of anilines is 1. The van der Waals surface area contributed by atoms with Crippen LogP contribution in [0.4, 0.5) is 10.7 Å². The Labute approximate surface area is 136 Å². The van der Waals surface area contributed by atoms with Crippen molar-refractivity contribution in [1.29, 1.82) is 0 Å². The number of H-pyrrole nitrogens is 1. The second kappa shape index (κ2) is 5.76. The number of fused-ring (bicyclic) bond motifs is 1. The first kappa shape index (κ1) is 15.6. The normalized spacial score (nSPS) is 16.0. The number of aryl methyl sites for hydroxylation is 1. The fourth-order valence-corrected chi connectivity index (χ4v) is 2.78. The third-order valence-electron chi connectivity index (χ3n) is 3.97. The highest BCUT2D eigenvalue weighted by atomic mass is 16.2. The van der Waals surface area contributed by atoms with E-state index in [1.54, 1.807) is 0 Å². The van der Waals surface area contributed by atoms with Crippen molar-refractivity contribution < 1.29 is 4.79 Å². The topological polar surface area (TPSA) is 64.3 Å². The Morgan fingerprint density at radius 3 is 2.57 bits per heavy atom. The van der Waals surface area contributed by atoms with Crippen LogP contribution in [0, 0.1) is 6.92 Å². The van der Waals surface area contributed by atoms with Crippen LogP contribution in [0.5, 0.6) is 0 Å². The number of aromatic amines is 1. The van der Waals surface area contributed by atoms with E-state index in [-0.39, 0.29) is 11.6 Å². The van der Waals surface area contributed by atoms with Gasteiger partial charge in [0.15, 0.2) is 0 Å². The first-order valence-corrected chi connectivity index (χ1v) is 8.10. The summed E-state index contributed by atoms with van der Waals surface area (Å²) < 4.78 is 0. The summed E-state index contributed by atoms with van der Waals surface area (Å²) in [4.78, 5) is 24.3. The zero-order valence-electron chi connectivity index (χ0n) is 14.3. The van der Waals surface area contributed by atoms with Crippen LogP contribution in [-0.4, -0.2) is 52.6 Å². The maximum absolute atomic E-state index is 12.2. The molecule has 0 saturated carbocycles. The van der Waals surface area contributed by atoms with Crippen molar-refractivity contribution in [2.75, 3.05) is 31.1 Å². The minimum absolute atomic E-state index is 0.0115. The highest BCUT2D eigenvalue weighted by Gasteiger charge is 2.25. The molecule has 0 atom stereocenters. The number of hydrogen-bond acceptors (Lipinski definition) is 3. The van der Waals surface area contributed by atoms with Crippen molar-refractivity contribution in [3.8, 4) is 0 Å². The van der Waals surface area contributed by atoms with E-state index in [4.69, 9.17) is 0 Å². The molecule has 1 aromatic carbocycles. The summed E-state index contributed by atoms with van der Waals surface area (Å²) in [5.74, 6) is 0.890. The van der Waals surface area contributed by atoms with Crippen LogP contribution in [0.15, 0.2) is 18.2 Å². The van der Waals surface area contributed by atoms with Crippen molar-refractivity contribution in [2.24, 2.45) is 0 Å². The molecule has 2 aromatic rings. The van der Waals surface area contributed by atoms with Crippen molar-refractivity contribution >= 4 is 23.0 Å². The van der Waals surface area contributed by atoms with E-state index in [0.717, 1.165) is 30.1 Å². The molecule has 6 nitrogen and oxygen atoms in total. The Morgan fingerprint density at radius 1 is 1.22 bits per heavy atom. The molecule has 0 spiro atoms. The standard InChI is InChI=1S/C17H25N5O/c1-12-5-6-13-14(11-12)19-15(18-13)21-7-9-22(10-8-21)16(23)20-17(2,3)4/h5-6,11H,7-10H2,1-4H3,(H,18,19)(H,20,23). The lowest BCUT2D eigenvalue weighted by atomic mass is 10.1. The molecule has 1 fully saturated rings. The van der Waals surface area contributed by atoms with Crippen LogP contribution >= 0.6 is 0 Å². The van der Waals surface area contributed by atoms with Gasteiger partial charge in [-0.05, 0) is 45.4 Å². The van der Waals surface area contributed by atoms with Gasteiger partial charge in [-0.15, -0.1) is 0 Å². The molecule has 0 unspecified atom stereocenters. The number of benzene rings is 1. The molecule has 124 valence electrons. The van der Waals surface area contributed by atoms with Crippen molar-refractivity contribution in [3.63, 3.8) is 0 Å². The van der Waals surface area contributed by atoms with E-state index in [9.17, 15) is 4.79 Å². The summed E-state index contributed by atoms with van der Waals surface area (Å²) in [5.41, 5.74) is 3.06. The largest absolute Gasteiger partial charge is 0.339 e.